The molecule has 19 heavy (non-hydrogen) atoms. The molecule has 0 saturated carbocycles. The summed E-state index contributed by atoms with van der Waals surface area (Å²) in [5.74, 6) is 2.08. The summed E-state index contributed by atoms with van der Waals surface area (Å²) in [5, 5.41) is 3.63. The quantitative estimate of drug-likeness (QED) is 0.759. The van der Waals surface area contributed by atoms with Crippen molar-refractivity contribution in [3.8, 4) is 5.75 Å². The van der Waals surface area contributed by atoms with Crippen molar-refractivity contribution in [2.75, 3.05) is 20.2 Å². The first kappa shape index (κ1) is 16.0. The number of ether oxygens (including phenoxy) is 1. The summed E-state index contributed by atoms with van der Waals surface area (Å²) in [6.07, 6.45) is 1.04. The van der Waals surface area contributed by atoms with Crippen molar-refractivity contribution in [2.45, 2.75) is 33.2 Å². The molecule has 0 amide bonds. The van der Waals surface area contributed by atoms with Gasteiger partial charge in [0.05, 0.1) is 7.11 Å². The molecule has 0 spiro atoms. The Balaban J connectivity index is 2.72. The van der Waals surface area contributed by atoms with Crippen LogP contribution >= 0.6 is 0 Å². The second-order valence-corrected chi connectivity index (χ2v) is 5.35. The predicted octanol–water partition coefficient (Wildman–Crippen LogP) is 2.97. The van der Waals surface area contributed by atoms with Crippen molar-refractivity contribution in [3.63, 3.8) is 0 Å². The van der Waals surface area contributed by atoms with Gasteiger partial charge >= 0.3 is 0 Å². The molecule has 1 aromatic rings. The molecule has 0 radical (unpaired) electrons. The summed E-state index contributed by atoms with van der Waals surface area (Å²) in [6.45, 7) is 8.32. The van der Waals surface area contributed by atoms with Gasteiger partial charge in [-0.2, -0.15) is 0 Å². The molecule has 0 aliphatic carbocycles. The Morgan fingerprint density at radius 1 is 1.26 bits per heavy atom. The van der Waals surface area contributed by atoms with Gasteiger partial charge in [-0.1, -0.05) is 39.0 Å². The predicted molar refractivity (Wildman–Crippen MR) is 81.4 cm³/mol. The van der Waals surface area contributed by atoms with E-state index in [1.165, 1.54) is 5.56 Å². The third-order valence-electron chi connectivity index (χ3n) is 3.79. The molecule has 0 fully saturated rings. The van der Waals surface area contributed by atoms with E-state index in [4.69, 9.17) is 10.5 Å². The lowest BCUT2D eigenvalue weighted by Crippen LogP contribution is -2.33. The number of hydrogen-bond donors (Lipinski definition) is 2. The molecule has 3 heteroatoms. The van der Waals surface area contributed by atoms with Crippen molar-refractivity contribution < 1.29 is 4.74 Å². The van der Waals surface area contributed by atoms with E-state index in [1.54, 1.807) is 7.11 Å². The minimum absolute atomic E-state index is 0.323. The van der Waals surface area contributed by atoms with Crippen LogP contribution < -0.4 is 15.8 Å². The summed E-state index contributed by atoms with van der Waals surface area (Å²) in [4.78, 5) is 0. The van der Waals surface area contributed by atoms with Crippen LogP contribution in [0.15, 0.2) is 24.3 Å². The zero-order chi connectivity index (χ0) is 14.3. The second-order valence-electron chi connectivity index (χ2n) is 5.35. The van der Waals surface area contributed by atoms with E-state index in [-0.39, 0.29) is 0 Å². The van der Waals surface area contributed by atoms with E-state index in [9.17, 15) is 0 Å². The highest BCUT2D eigenvalue weighted by molar-refractivity contribution is 5.35. The lowest BCUT2D eigenvalue weighted by molar-refractivity contribution is 0.341. The molecule has 1 aromatic carbocycles. The van der Waals surface area contributed by atoms with Crippen LogP contribution in [0.2, 0.25) is 0 Å². The normalized spacial score (nSPS) is 14.4. The van der Waals surface area contributed by atoms with Gasteiger partial charge < -0.3 is 15.8 Å². The number of rotatable bonds is 8. The summed E-state index contributed by atoms with van der Waals surface area (Å²) >= 11 is 0. The fraction of sp³-hybridized carbons (Fsp3) is 0.625. The smallest absolute Gasteiger partial charge is 0.123 e. The van der Waals surface area contributed by atoms with E-state index in [1.807, 2.05) is 12.1 Å². The third-order valence-corrected chi connectivity index (χ3v) is 3.79. The summed E-state index contributed by atoms with van der Waals surface area (Å²) in [7, 11) is 1.72. The molecule has 2 unspecified atom stereocenters. The summed E-state index contributed by atoms with van der Waals surface area (Å²) in [5.41, 5.74) is 7.06. The Labute approximate surface area is 117 Å². The molecule has 3 nitrogen and oxygen atoms in total. The van der Waals surface area contributed by atoms with Crippen molar-refractivity contribution in [3.05, 3.63) is 29.8 Å². The molecular weight excluding hydrogens is 236 g/mol. The Hall–Kier alpha value is -1.06. The molecular formula is C16H28N2O. The van der Waals surface area contributed by atoms with Gasteiger partial charge in [-0.05, 0) is 37.4 Å². The van der Waals surface area contributed by atoms with E-state index < -0.39 is 0 Å². The van der Waals surface area contributed by atoms with Crippen LogP contribution in [0.1, 0.15) is 38.8 Å². The van der Waals surface area contributed by atoms with Gasteiger partial charge in [0.15, 0.2) is 0 Å². The van der Waals surface area contributed by atoms with Gasteiger partial charge in [0.2, 0.25) is 0 Å². The monoisotopic (exact) mass is 264 g/mol. The summed E-state index contributed by atoms with van der Waals surface area (Å²) in [6, 6.07) is 8.54. The highest BCUT2D eigenvalue weighted by Gasteiger charge is 2.17. The van der Waals surface area contributed by atoms with Crippen LogP contribution in [-0.4, -0.2) is 20.2 Å². The van der Waals surface area contributed by atoms with Crippen LogP contribution in [0.3, 0.4) is 0 Å². The number of methoxy groups -OCH3 is 1. The number of nitrogens with two attached hydrogens (primary N) is 1. The number of nitrogens with one attached hydrogen (secondary N) is 1. The maximum absolute atomic E-state index is 5.83. The van der Waals surface area contributed by atoms with Crippen molar-refractivity contribution in [1.82, 2.24) is 5.32 Å². The van der Waals surface area contributed by atoms with E-state index in [2.05, 4.69) is 38.2 Å². The topological polar surface area (TPSA) is 47.3 Å². The van der Waals surface area contributed by atoms with Crippen LogP contribution in [0.5, 0.6) is 5.75 Å². The van der Waals surface area contributed by atoms with Crippen molar-refractivity contribution >= 4 is 0 Å². The highest BCUT2D eigenvalue weighted by Crippen LogP contribution is 2.27. The number of hydrogen-bond acceptors (Lipinski definition) is 3. The van der Waals surface area contributed by atoms with Gasteiger partial charge in [0.25, 0.3) is 0 Å². The first-order valence-electron chi connectivity index (χ1n) is 7.20. The standard InChI is InChI=1S/C16H28N2O/c1-5-15(18-11-13(10-17)12(2)3)14-8-6-7-9-16(14)19-4/h6-9,12-13,15,18H,5,10-11,17H2,1-4H3. The van der Waals surface area contributed by atoms with E-state index >= 15 is 0 Å². The number of benzene rings is 1. The zero-order valence-corrected chi connectivity index (χ0v) is 12.6. The first-order valence-corrected chi connectivity index (χ1v) is 7.20. The SMILES string of the molecule is CCC(NCC(CN)C(C)C)c1ccccc1OC. The molecule has 0 saturated heterocycles. The zero-order valence-electron chi connectivity index (χ0n) is 12.6. The lowest BCUT2D eigenvalue weighted by Gasteiger charge is -2.25. The summed E-state index contributed by atoms with van der Waals surface area (Å²) < 4.78 is 5.44. The number of para-hydroxylation sites is 1. The van der Waals surface area contributed by atoms with Gasteiger partial charge in [0.1, 0.15) is 5.75 Å². The molecule has 3 N–H and O–H groups in total. The largest absolute Gasteiger partial charge is 0.496 e. The van der Waals surface area contributed by atoms with Gasteiger partial charge in [-0.25, -0.2) is 0 Å². The molecule has 2 atom stereocenters. The fourth-order valence-electron chi connectivity index (χ4n) is 2.31. The molecule has 0 aromatic heterocycles. The Kier molecular flexibility index (Phi) is 6.89. The fourth-order valence-corrected chi connectivity index (χ4v) is 2.31. The molecule has 0 bridgehead atoms. The molecule has 0 heterocycles. The Morgan fingerprint density at radius 3 is 2.47 bits per heavy atom. The third kappa shape index (κ3) is 4.51. The van der Waals surface area contributed by atoms with Gasteiger partial charge in [-0.3, -0.25) is 0 Å². The maximum Gasteiger partial charge on any atom is 0.123 e. The highest BCUT2D eigenvalue weighted by atomic mass is 16.5. The Bertz CT molecular complexity index is 366. The van der Waals surface area contributed by atoms with Crippen LogP contribution in [0, 0.1) is 11.8 Å². The second kappa shape index (κ2) is 8.18. The molecule has 0 aliphatic rings. The molecule has 108 valence electrons. The van der Waals surface area contributed by atoms with Crippen LogP contribution in [0.25, 0.3) is 0 Å². The van der Waals surface area contributed by atoms with E-state index in [0.717, 1.165) is 25.3 Å². The van der Waals surface area contributed by atoms with Crippen LogP contribution in [-0.2, 0) is 0 Å². The van der Waals surface area contributed by atoms with Gasteiger partial charge in [0, 0.05) is 11.6 Å². The van der Waals surface area contributed by atoms with E-state index in [0.29, 0.717) is 17.9 Å². The minimum atomic E-state index is 0.323. The average Bonchev–Trinajstić information content (AvgIpc) is 2.43. The maximum atomic E-state index is 5.83. The minimum Gasteiger partial charge on any atom is -0.496 e. The van der Waals surface area contributed by atoms with Crippen molar-refractivity contribution in [1.29, 1.82) is 0 Å². The first-order chi connectivity index (χ1) is 9.13. The molecule has 1 rings (SSSR count). The lowest BCUT2D eigenvalue weighted by atomic mass is 9.95. The Morgan fingerprint density at radius 2 is 1.95 bits per heavy atom. The average molecular weight is 264 g/mol. The molecule has 0 aliphatic heterocycles. The van der Waals surface area contributed by atoms with Crippen LogP contribution in [0.4, 0.5) is 0 Å². The van der Waals surface area contributed by atoms with Gasteiger partial charge in [-0.15, -0.1) is 0 Å². The van der Waals surface area contributed by atoms with Crippen molar-refractivity contribution in [2.24, 2.45) is 17.6 Å².